The number of alkyl carbamates (subject to hydrolysis) is 1. The number of hydrogen-bond acceptors (Lipinski definition) is 9. The maximum Gasteiger partial charge on any atom is 0.437 e. The Morgan fingerprint density at radius 3 is 2.60 bits per heavy atom. The Morgan fingerprint density at radius 1 is 1.15 bits per heavy atom. The number of hydrogen-bond donors (Lipinski definition) is 3. The molecule has 0 saturated carbocycles. The van der Waals surface area contributed by atoms with E-state index in [2.05, 4.69) is 15.6 Å². The van der Waals surface area contributed by atoms with Crippen molar-refractivity contribution in [2.24, 2.45) is 5.92 Å². The van der Waals surface area contributed by atoms with Gasteiger partial charge in [-0.05, 0) is 78.0 Å². The highest BCUT2D eigenvalue weighted by molar-refractivity contribution is 5.97. The van der Waals surface area contributed by atoms with Gasteiger partial charge in [-0.1, -0.05) is 37.1 Å². The molecule has 6 rings (SSSR count). The van der Waals surface area contributed by atoms with Crippen LogP contribution < -0.4 is 15.4 Å². The Morgan fingerprint density at radius 2 is 1.92 bits per heavy atom. The summed E-state index contributed by atoms with van der Waals surface area (Å²) in [6.45, 7) is 6.43. The lowest BCUT2D eigenvalue weighted by Gasteiger charge is -2.41. The predicted octanol–water partition coefficient (Wildman–Crippen LogP) is 5.64. The zero-order valence-corrected chi connectivity index (χ0v) is 30.2. The number of alkyl halides is 3. The number of aryl methyl sites for hydroxylation is 1. The quantitative estimate of drug-likeness (QED) is 0.268. The molecule has 12 nitrogen and oxygen atoms in total. The van der Waals surface area contributed by atoms with E-state index in [4.69, 9.17) is 14.2 Å². The third-order valence-corrected chi connectivity index (χ3v) is 10.2. The zero-order chi connectivity index (χ0) is 38.3. The molecule has 1 spiro atoms. The van der Waals surface area contributed by atoms with E-state index in [0.29, 0.717) is 24.6 Å². The topological polar surface area (TPSA) is 156 Å². The Hall–Kier alpha value is -4.82. The first-order chi connectivity index (χ1) is 24.9. The van der Waals surface area contributed by atoms with Crippen LogP contribution >= 0.6 is 0 Å². The number of nitrogens with zero attached hydrogens (tertiary/aromatic N) is 2. The molecule has 286 valence electrons. The lowest BCUT2D eigenvalue weighted by molar-refractivity contribution is -0.154. The number of esters is 1. The van der Waals surface area contributed by atoms with E-state index in [1.165, 1.54) is 29.2 Å². The number of ether oxygens (including phenoxy) is 3. The van der Waals surface area contributed by atoms with Gasteiger partial charge < -0.3 is 34.9 Å². The van der Waals surface area contributed by atoms with Crippen molar-refractivity contribution in [3.05, 3.63) is 53.8 Å². The summed E-state index contributed by atoms with van der Waals surface area (Å²) in [5, 5.41) is 16.0. The number of allylic oxidation sites excluding steroid dienone is 1. The third-order valence-electron chi connectivity index (χ3n) is 10.2. The second kappa shape index (κ2) is 14.2. The first-order valence-electron chi connectivity index (χ1n) is 18.0. The first kappa shape index (κ1) is 37.9. The maximum absolute atomic E-state index is 14.6. The molecule has 5 atom stereocenters. The average molecular weight is 743 g/mol. The fourth-order valence-electron chi connectivity index (χ4n) is 7.61. The average Bonchev–Trinajstić information content (AvgIpc) is 3.43. The molecule has 0 radical (unpaired) electrons. The summed E-state index contributed by atoms with van der Waals surface area (Å²) in [7, 11) is 0. The standard InChI is InChI=1S/C38H45F3N4O8/c1-5-51-33(49)37-18-15-22(37)11-9-7-6-8-10-12-27(43-34(50)53-35(2,3)4)32(48)45-21-36(20-28(45)31(47)44-37)17-16-24-25-19-23(46)13-14-26(25)42-30(29(24)52-36)38(39,40)41/h9,11,13-15,18-19,22,27-28,46H,5-8,10,12,16-17,20-21H2,1-4H3,(H,43,50)(H,44,47)/b11-9-/t22-,27+,28+,36-,37-/m1/s1. The number of benzene rings is 1. The van der Waals surface area contributed by atoms with Crippen molar-refractivity contribution in [2.75, 3.05) is 13.2 Å². The highest BCUT2D eigenvalue weighted by atomic mass is 19.4. The van der Waals surface area contributed by atoms with Crippen molar-refractivity contribution in [3.8, 4) is 11.5 Å². The van der Waals surface area contributed by atoms with Gasteiger partial charge >= 0.3 is 18.2 Å². The lowest BCUT2D eigenvalue weighted by atomic mass is 9.73. The minimum atomic E-state index is -4.92. The molecule has 1 saturated heterocycles. The summed E-state index contributed by atoms with van der Waals surface area (Å²) in [5.74, 6) is -3.30. The van der Waals surface area contributed by atoms with Gasteiger partial charge in [0.25, 0.3) is 0 Å². The van der Waals surface area contributed by atoms with Crippen LogP contribution in [-0.2, 0) is 36.5 Å². The van der Waals surface area contributed by atoms with Crippen LogP contribution in [0.5, 0.6) is 11.5 Å². The van der Waals surface area contributed by atoms with Gasteiger partial charge in [-0.25, -0.2) is 14.6 Å². The van der Waals surface area contributed by atoms with Gasteiger partial charge in [0.1, 0.15) is 29.0 Å². The Kier molecular flexibility index (Phi) is 10.2. The van der Waals surface area contributed by atoms with Crippen LogP contribution in [0.1, 0.15) is 83.9 Å². The zero-order valence-electron chi connectivity index (χ0n) is 30.2. The normalized spacial score (nSPS) is 28.3. The third kappa shape index (κ3) is 7.65. The van der Waals surface area contributed by atoms with Gasteiger partial charge in [0.05, 0.1) is 18.7 Å². The van der Waals surface area contributed by atoms with Crippen molar-refractivity contribution < 1.29 is 51.7 Å². The van der Waals surface area contributed by atoms with Crippen molar-refractivity contribution >= 4 is 34.8 Å². The number of carbonyl (C=O) groups is 4. The Bertz CT molecular complexity index is 1860. The summed E-state index contributed by atoms with van der Waals surface area (Å²) in [6.07, 6.45) is 4.12. The summed E-state index contributed by atoms with van der Waals surface area (Å²) >= 11 is 0. The van der Waals surface area contributed by atoms with Gasteiger partial charge in [-0.2, -0.15) is 13.2 Å². The second-order valence-corrected chi connectivity index (χ2v) is 15.2. The molecule has 1 fully saturated rings. The largest absolute Gasteiger partial charge is 0.508 e. The number of halogens is 3. The SMILES string of the molecule is CCOC(=O)[C@@]12C=C[C@H]1/C=C\CCCCC[C@H](NC(=O)OC(C)(C)C)C(=O)N1C[C@@]3(CCc4c(c(C(F)(F)F)nc5ccc(O)cc45)O3)C[C@H]1C(=O)N2. The predicted molar refractivity (Wildman–Crippen MR) is 186 cm³/mol. The van der Waals surface area contributed by atoms with Crippen molar-refractivity contribution in [2.45, 2.75) is 114 Å². The number of amides is 3. The number of aromatic nitrogens is 1. The highest BCUT2D eigenvalue weighted by Gasteiger charge is 2.57. The van der Waals surface area contributed by atoms with E-state index in [-0.39, 0.29) is 55.7 Å². The maximum atomic E-state index is 14.6. The Balaban J connectivity index is 1.41. The smallest absolute Gasteiger partial charge is 0.437 e. The summed E-state index contributed by atoms with van der Waals surface area (Å²) in [6, 6.07) is 1.43. The fourth-order valence-corrected chi connectivity index (χ4v) is 7.61. The van der Waals surface area contributed by atoms with E-state index in [1.807, 2.05) is 12.2 Å². The molecule has 15 heteroatoms. The van der Waals surface area contributed by atoms with Crippen LogP contribution in [0.3, 0.4) is 0 Å². The van der Waals surface area contributed by atoms with Gasteiger partial charge in [0.2, 0.25) is 11.8 Å². The molecule has 3 amide bonds. The number of nitrogens with one attached hydrogen (secondary N) is 2. The van der Waals surface area contributed by atoms with Gasteiger partial charge in [0, 0.05) is 23.3 Å². The van der Waals surface area contributed by atoms with Crippen molar-refractivity contribution in [3.63, 3.8) is 0 Å². The summed E-state index contributed by atoms with van der Waals surface area (Å²) < 4.78 is 60.9. The van der Waals surface area contributed by atoms with Crippen LogP contribution in [0.25, 0.3) is 10.9 Å². The van der Waals surface area contributed by atoms with E-state index in [1.54, 1.807) is 33.8 Å². The number of phenolic OH excluding ortho intramolecular Hbond substituents is 1. The molecule has 4 heterocycles. The van der Waals surface area contributed by atoms with Gasteiger partial charge in [0.15, 0.2) is 17.0 Å². The highest BCUT2D eigenvalue weighted by Crippen LogP contribution is 2.49. The number of phenols is 1. The molecule has 0 unspecified atom stereocenters. The number of pyridine rings is 1. The van der Waals surface area contributed by atoms with Crippen LogP contribution in [0, 0.1) is 5.92 Å². The molecular weight excluding hydrogens is 697 g/mol. The molecule has 4 aliphatic rings. The molecular formula is C38H45F3N4O8. The first-order valence-corrected chi connectivity index (χ1v) is 18.0. The molecule has 1 aromatic heterocycles. The molecule has 1 aromatic carbocycles. The van der Waals surface area contributed by atoms with Crippen molar-refractivity contribution in [1.82, 2.24) is 20.5 Å². The number of aromatic hydroxyl groups is 1. The summed E-state index contributed by atoms with van der Waals surface area (Å²) in [5.41, 5.74) is -4.96. The van der Waals surface area contributed by atoms with Crippen molar-refractivity contribution in [1.29, 1.82) is 0 Å². The molecule has 3 aliphatic heterocycles. The van der Waals surface area contributed by atoms with Crippen LogP contribution in [0.2, 0.25) is 0 Å². The second-order valence-electron chi connectivity index (χ2n) is 15.2. The minimum Gasteiger partial charge on any atom is -0.508 e. The van der Waals surface area contributed by atoms with E-state index in [9.17, 15) is 37.5 Å². The number of carbonyl (C=O) groups excluding carboxylic acids is 4. The molecule has 0 bridgehead atoms. The van der Waals surface area contributed by atoms with Gasteiger partial charge in [-0.3, -0.25) is 9.59 Å². The monoisotopic (exact) mass is 742 g/mol. The number of fused-ring (bicyclic) bond motifs is 5. The van der Waals surface area contributed by atoms with E-state index < -0.39 is 76.2 Å². The van der Waals surface area contributed by atoms with E-state index in [0.717, 1.165) is 6.42 Å². The van der Waals surface area contributed by atoms with Crippen LogP contribution in [0.15, 0.2) is 42.5 Å². The summed E-state index contributed by atoms with van der Waals surface area (Å²) in [4.78, 5) is 60.6. The van der Waals surface area contributed by atoms with Gasteiger partial charge in [-0.15, -0.1) is 0 Å². The molecule has 3 N–H and O–H groups in total. The van der Waals surface area contributed by atoms with E-state index >= 15 is 0 Å². The lowest BCUT2D eigenvalue weighted by Crippen LogP contribution is -2.65. The molecule has 1 aliphatic carbocycles. The van der Waals surface area contributed by atoms with Crippen LogP contribution in [-0.4, -0.2) is 80.8 Å². The Labute approximate surface area is 305 Å². The number of rotatable bonds is 3. The minimum absolute atomic E-state index is 0.0274. The fraction of sp³-hybridized carbons (Fsp3) is 0.553. The van der Waals surface area contributed by atoms with Crippen LogP contribution in [0.4, 0.5) is 18.0 Å². The molecule has 2 aromatic rings. The molecule has 53 heavy (non-hydrogen) atoms.